The van der Waals surface area contributed by atoms with E-state index in [-0.39, 0.29) is 23.6 Å². The van der Waals surface area contributed by atoms with E-state index in [1.165, 1.54) is 18.6 Å². The Morgan fingerprint density at radius 2 is 1.94 bits per heavy atom. The number of carbonyl (C=O) groups excluding carboxylic acids is 1. The SMILES string of the molecule is CC(CNC(=O)c1cc(C#N)cc(C(F)(F)F)c1)c1nccnc1-c1ccc(Cl)cn1. The molecule has 1 atom stereocenters. The van der Waals surface area contributed by atoms with Crippen molar-refractivity contribution in [3.8, 4) is 17.5 Å². The van der Waals surface area contributed by atoms with Gasteiger partial charge in [0.2, 0.25) is 0 Å². The summed E-state index contributed by atoms with van der Waals surface area (Å²) in [5.41, 5.74) is 0.0403. The van der Waals surface area contributed by atoms with Gasteiger partial charge in [-0.2, -0.15) is 18.4 Å². The summed E-state index contributed by atoms with van der Waals surface area (Å²) >= 11 is 5.87. The summed E-state index contributed by atoms with van der Waals surface area (Å²) in [6.07, 6.45) is -0.191. The van der Waals surface area contributed by atoms with E-state index in [2.05, 4.69) is 20.3 Å². The number of nitrogens with one attached hydrogen (secondary N) is 1. The van der Waals surface area contributed by atoms with Gasteiger partial charge in [-0.1, -0.05) is 18.5 Å². The minimum atomic E-state index is -4.67. The Morgan fingerprint density at radius 1 is 1.19 bits per heavy atom. The second-order valence-electron chi connectivity index (χ2n) is 6.67. The molecule has 10 heteroatoms. The van der Waals surface area contributed by atoms with E-state index < -0.39 is 17.6 Å². The highest BCUT2D eigenvalue weighted by atomic mass is 35.5. The number of aromatic nitrogens is 3. The lowest BCUT2D eigenvalue weighted by Gasteiger charge is -2.16. The third kappa shape index (κ3) is 5.35. The highest BCUT2D eigenvalue weighted by molar-refractivity contribution is 6.30. The number of halogens is 4. The van der Waals surface area contributed by atoms with Crippen molar-refractivity contribution in [3.05, 3.63) is 76.3 Å². The molecule has 158 valence electrons. The van der Waals surface area contributed by atoms with Crippen molar-refractivity contribution < 1.29 is 18.0 Å². The predicted octanol–water partition coefficient (Wildman–Crippen LogP) is 4.62. The van der Waals surface area contributed by atoms with Crippen LogP contribution in [0, 0.1) is 11.3 Å². The average molecular weight is 446 g/mol. The highest BCUT2D eigenvalue weighted by Gasteiger charge is 2.32. The standard InChI is InChI=1S/C21H15ClF3N5O/c1-12(18-19(28-5-4-27-18)17-3-2-16(22)11-29-17)10-30-20(31)14-6-13(9-26)7-15(8-14)21(23,24)25/h2-8,11-12H,10H2,1H3,(H,30,31). The molecule has 1 aromatic carbocycles. The molecule has 6 nitrogen and oxygen atoms in total. The molecule has 1 unspecified atom stereocenters. The van der Waals surface area contributed by atoms with E-state index in [4.69, 9.17) is 16.9 Å². The first-order valence-electron chi connectivity index (χ1n) is 9.02. The number of nitriles is 1. The summed E-state index contributed by atoms with van der Waals surface area (Å²) in [5, 5.41) is 12.0. The van der Waals surface area contributed by atoms with Crippen LogP contribution in [0.5, 0.6) is 0 Å². The molecule has 0 aliphatic rings. The van der Waals surface area contributed by atoms with Crippen LogP contribution in [0.1, 0.15) is 40.0 Å². The first-order valence-corrected chi connectivity index (χ1v) is 9.40. The van der Waals surface area contributed by atoms with E-state index in [0.717, 1.165) is 6.07 Å². The number of alkyl halides is 3. The van der Waals surface area contributed by atoms with Gasteiger partial charge in [0.05, 0.1) is 33.6 Å². The molecular weight excluding hydrogens is 431 g/mol. The first kappa shape index (κ1) is 22.2. The number of benzene rings is 1. The number of rotatable bonds is 5. The maximum atomic E-state index is 13.0. The van der Waals surface area contributed by atoms with E-state index in [1.807, 2.05) is 0 Å². The fourth-order valence-corrected chi connectivity index (χ4v) is 2.97. The summed E-state index contributed by atoms with van der Waals surface area (Å²) in [5.74, 6) is -1.06. The van der Waals surface area contributed by atoms with Gasteiger partial charge in [-0.25, -0.2) is 0 Å². The van der Waals surface area contributed by atoms with Crippen LogP contribution < -0.4 is 5.32 Å². The number of pyridine rings is 1. The van der Waals surface area contributed by atoms with Crippen LogP contribution in [0.25, 0.3) is 11.4 Å². The molecule has 0 fully saturated rings. The highest BCUT2D eigenvalue weighted by Crippen LogP contribution is 2.31. The van der Waals surface area contributed by atoms with Gasteiger partial charge < -0.3 is 5.32 Å². The molecule has 2 aromatic heterocycles. The Kier molecular flexibility index (Phi) is 6.51. The fourth-order valence-electron chi connectivity index (χ4n) is 2.85. The van der Waals surface area contributed by atoms with Crippen molar-refractivity contribution in [2.45, 2.75) is 19.0 Å². The van der Waals surface area contributed by atoms with E-state index in [1.54, 1.807) is 25.1 Å². The zero-order chi connectivity index (χ0) is 22.6. The van der Waals surface area contributed by atoms with Crippen LogP contribution in [-0.4, -0.2) is 27.4 Å². The summed E-state index contributed by atoms with van der Waals surface area (Å²) in [7, 11) is 0. The Balaban J connectivity index is 1.79. The average Bonchev–Trinajstić information content (AvgIpc) is 2.76. The minimum absolute atomic E-state index is 0.0796. The molecule has 0 aliphatic heterocycles. The van der Waals surface area contributed by atoms with Crippen molar-refractivity contribution in [3.63, 3.8) is 0 Å². The van der Waals surface area contributed by atoms with Gasteiger partial charge in [0.25, 0.3) is 5.91 Å². The molecule has 3 rings (SSSR count). The second-order valence-corrected chi connectivity index (χ2v) is 7.11. The van der Waals surface area contributed by atoms with Crippen LogP contribution in [-0.2, 0) is 6.18 Å². The molecule has 0 saturated carbocycles. The number of amides is 1. The Labute approximate surface area is 180 Å². The zero-order valence-corrected chi connectivity index (χ0v) is 16.9. The van der Waals surface area contributed by atoms with Gasteiger partial charge >= 0.3 is 6.18 Å². The quantitative estimate of drug-likeness (QED) is 0.619. The lowest BCUT2D eigenvalue weighted by Crippen LogP contribution is -2.28. The summed E-state index contributed by atoms with van der Waals surface area (Å²) in [4.78, 5) is 25.3. The minimum Gasteiger partial charge on any atom is -0.351 e. The fraction of sp³-hybridized carbons (Fsp3) is 0.190. The lowest BCUT2D eigenvalue weighted by molar-refractivity contribution is -0.137. The summed E-state index contributed by atoms with van der Waals surface area (Å²) in [6.45, 7) is 1.87. The van der Waals surface area contributed by atoms with Crippen LogP contribution in [0.2, 0.25) is 5.02 Å². The van der Waals surface area contributed by atoms with Crippen molar-refractivity contribution in [2.75, 3.05) is 6.54 Å². The normalized spacial score (nSPS) is 12.1. The molecule has 0 bridgehead atoms. The number of nitrogens with zero attached hydrogens (tertiary/aromatic N) is 4. The monoisotopic (exact) mass is 445 g/mol. The van der Waals surface area contributed by atoms with E-state index >= 15 is 0 Å². The molecule has 3 aromatic rings. The third-order valence-electron chi connectivity index (χ3n) is 4.38. The Morgan fingerprint density at radius 3 is 2.58 bits per heavy atom. The molecular formula is C21H15ClF3N5O. The van der Waals surface area contributed by atoms with Crippen LogP contribution in [0.4, 0.5) is 13.2 Å². The number of hydrogen-bond donors (Lipinski definition) is 1. The van der Waals surface area contributed by atoms with Crippen LogP contribution >= 0.6 is 11.6 Å². The maximum Gasteiger partial charge on any atom is 0.416 e. The van der Waals surface area contributed by atoms with Gasteiger partial charge in [0.15, 0.2) is 0 Å². The molecule has 1 N–H and O–H groups in total. The van der Waals surface area contributed by atoms with Gasteiger partial charge in [0, 0.05) is 36.6 Å². The smallest absolute Gasteiger partial charge is 0.351 e. The van der Waals surface area contributed by atoms with Gasteiger partial charge in [-0.15, -0.1) is 0 Å². The van der Waals surface area contributed by atoms with Crippen molar-refractivity contribution in [1.82, 2.24) is 20.3 Å². The van der Waals surface area contributed by atoms with Crippen molar-refractivity contribution in [2.24, 2.45) is 0 Å². The zero-order valence-electron chi connectivity index (χ0n) is 16.1. The summed E-state index contributed by atoms with van der Waals surface area (Å²) in [6, 6.07) is 7.52. The van der Waals surface area contributed by atoms with Crippen molar-refractivity contribution >= 4 is 17.5 Å². The van der Waals surface area contributed by atoms with Crippen LogP contribution in [0.3, 0.4) is 0 Å². The number of hydrogen-bond acceptors (Lipinski definition) is 5. The molecule has 31 heavy (non-hydrogen) atoms. The molecule has 0 spiro atoms. The third-order valence-corrected chi connectivity index (χ3v) is 4.61. The largest absolute Gasteiger partial charge is 0.416 e. The molecule has 0 saturated heterocycles. The first-order chi connectivity index (χ1) is 14.7. The van der Waals surface area contributed by atoms with E-state index in [0.29, 0.717) is 34.2 Å². The maximum absolute atomic E-state index is 13.0. The topological polar surface area (TPSA) is 91.6 Å². The molecule has 2 heterocycles. The van der Waals surface area contributed by atoms with Crippen LogP contribution in [0.15, 0.2) is 48.9 Å². The second kappa shape index (κ2) is 9.10. The van der Waals surface area contributed by atoms with Gasteiger partial charge in [-0.05, 0) is 30.3 Å². The Hall–Kier alpha value is -3.51. The summed E-state index contributed by atoms with van der Waals surface area (Å²) < 4.78 is 39.1. The molecule has 0 radical (unpaired) electrons. The lowest BCUT2D eigenvalue weighted by atomic mass is 10.0. The van der Waals surface area contributed by atoms with Gasteiger partial charge in [-0.3, -0.25) is 19.7 Å². The van der Waals surface area contributed by atoms with E-state index in [9.17, 15) is 18.0 Å². The van der Waals surface area contributed by atoms with Gasteiger partial charge in [0.1, 0.15) is 5.69 Å². The molecule has 0 aliphatic carbocycles. The molecule has 1 amide bonds. The number of carbonyl (C=O) groups is 1. The Bertz CT molecular complexity index is 1140. The predicted molar refractivity (Wildman–Crippen MR) is 107 cm³/mol. The van der Waals surface area contributed by atoms with Crippen molar-refractivity contribution in [1.29, 1.82) is 5.26 Å².